The molecule has 1 aromatic carbocycles. The summed E-state index contributed by atoms with van der Waals surface area (Å²) in [4.78, 5) is 11.2. The lowest BCUT2D eigenvalue weighted by Crippen LogP contribution is -2.48. The molecule has 4 nitrogen and oxygen atoms in total. The largest absolute Gasteiger partial charge is 0.416 e. The van der Waals surface area contributed by atoms with Gasteiger partial charge in [-0.1, -0.05) is 12.1 Å². The SMILES string of the molecule is O=C1CC(c2cccc(C(F)(F)F)c2)N1S(=O)(=O)Cl. The number of carbonyl (C=O) groups excluding carboxylic acids is 1. The van der Waals surface area contributed by atoms with Crippen LogP contribution in [0.4, 0.5) is 13.2 Å². The van der Waals surface area contributed by atoms with Crippen LogP contribution in [0.25, 0.3) is 0 Å². The standard InChI is InChI=1S/C10H7ClF3NO3S/c11-19(17,18)15-8(5-9(15)16)6-2-1-3-7(4-6)10(12,13)14/h1-4,8H,5H2. The van der Waals surface area contributed by atoms with Crippen LogP contribution >= 0.6 is 10.7 Å². The van der Waals surface area contributed by atoms with Gasteiger partial charge in [-0.25, -0.2) is 4.31 Å². The van der Waals surface area contributed by atoms with E-state index in [1.807, 2.05) is 0 Å². The van der Waals surface area contributed by atoms with Gasteiger partial charge >= 0.3 is 15.4 Å². The van der Waals surface area contributed by atoms with Crippen molar-refractivity contribution in [1.29, 1.82) is 0 Å². The Hall–Kier alpha value is -1.28. The number of nitrogens with zero attached hydrogens (tertiary/aromatic N) is 1. The summed E-state index contributed by atoms with van der Waals surface area (Å²) in [5.41, 5.74) is -0.824. The second-order valence-corrected chi connectivity index (χ2v) is 6.36. The van der Waals surface area contributed by atoms with E-state index in [1.54, 1.807) is 0 Å². The van der Waals surface area contributed by atoms with Crippen LogP contribution in [0.2, 0.25) is 0 Å². The van der Waals surface area contributed by atoms with Gasteiger partial charge in [0, 0.05) is 10.7 Å². The number of hydrogen-bond donors (Lipinski definition) is 0. The van der Waals surface area contributed by atoms with Crippen molar-refractivity contribution < 1.29 is 26.4 Å². The first kappa shape index (κ1) is 14.1. The number of carbonyl (C=O) groups is 1. The minimum absolute atomic E-state index is 0.0821. The quantitative estimate of drug-likeness (QED) is 0.622. The first-order chi connectivity index (χ1) is 8.60. The fourth-order valence-corrected chi connectivity index (χ4v) is 3.19. The van der Waals surface area contributed by atoms with Gasteiger partial charge in [-0.2, -0.15) is 21.6 Å². The Labute approximate surface area is 111 Å². The summed E-state index contributed by atoms with van der Waals surface area (Å²) >= 11 is 0. The van der Waals surface area contributed by atoms with Crippen LogP contribution in [0.5, 0.6) is 0 Å². The molecule has 1 aromatic rings. The van der Waals surface area contributed by atoms with Crippen molar-refractivity contribution in [2.75, 3.05) is 0 Å². The Bertz CT molecular complexity index is 629. The van der Waals surface area contributed by atoms with Crippen LogP contribution in [0, 0.1) is 0 Å². The van der Waals surface area contributed by atoms with E-state index in [2.05, 4.69) is 0 Å². The van der Waals surface area contributed by atoms with Crippen LogP contribution < -0.4 is 0 Å². The molecule has 1 atom stereocenters. The zero-order chi connectivity index (χ0) is 14.4. The maximum atomic E-state index is 12.5. The van der Waals surface area contributed by atoms with E-state index in [4.69, 9.17) is 10.7 Å². The molecule has 0 aromatic heterocycles. The van der Waals surface area contributed by atoms with E-state index in [9.17, 15) is 26.4 Å². The number of hydrogen-bond acceptors (Lipinski definition) is 3. The smallest absolute Gasteiger partial charge is 0.274 e. The summed E-state index contributed by atoms with van der Waals surface area (Å²) < 4.78 is 60.3. The molecule has 1 aliphatic heterocycles. The number of β-lactam (4-membered cyclic amide) rings is 1. The van der Waals surface area contributed by atoms with Gasteiger partial charge in [0.1, 0.15) is 0 Å². The van der Waals surface area contributed by atoms with Crippen molar-refractivity contribution in [2.24, 2.45) is 0 Å². The van der Waals surface area contributed by atoms with E-state index >= 15 is 0 Å². The third-order valence-corrected chi connectivity index (χ3v) is 4.10. The highest BCUT2D eigenvalue weighted by molar-refractivity contribution is 8.12. The third kappa shape index (κ3) is 2.69. The van der Waals surface area contributed by atoms with Gasteiger partial charge in [0.05, 0.1) is 18.0 Å². The first-order valence-electron chi connectivity index (χ1n) is 5.04. The summed E-state index contributed by atoms with van der Waals surface area (Å²) in [6, 6.07) is 3.18. The van der Waals surface area contributed by atoms with Crippen molar-refractivity contribution in [3.63, 3.8) is 0 Å². The van der Waals surface area contributed by atoms with Gasteiger partial charge in [0.2, 0.25) is 5.91 Å². The lowest BCUT2D eigenvalue weighted by Gasteiger charge is -2.37. The molecule has 2 rings (SSSR count). The van der Waals surface area contributed by atoms with Crippen molar-refractivity contribution in [2.45, 2.75) is 18.6 Å². The van der Waals surface area contributed by atoms with Gasteiger partial charge in [-0.05, 0) is 17.7 Å². The van der Waals surface area contributed by atoms with Crippen molar-refractivity contribution in [3.05, 3.63) is 35.4 Å². The van der Waals surface area contributed by atoms with Crippen LogP contribution in [0.1, 0.15) is 23.6 Å². The molecule has 0 saturated carbocycles. The van der Waals surface area contributed by atoms with Crippen LogP contribution in [0.3, 0.4) is 0 Å². The van der Waals surface area contributed by atoms with Gasteiger partial charge in [0.15, 0.2) is 0 Å². The van der Waals surface area contributed by atoms with Gasteiger partial charge in [-0.3, -0.25) is 4.79 Å². The molecule has 0 radical (unpaired) electrons. The maximum Gasteiger partial charge on any atom is 0.416 e. The molecule has 1 fully saturated rings. The molecule has 104 valence electrons. The minimum Gasteiger partial charge on any atom is -0.274 e. The fraction of sp³-hybridized carbons (Fsp3) is 0.300. The monoisotopic (exact) mass is 313 g/mol. The van der Waals surface area contributed by atoms with Gasteiger partial charge in [-0.15, -0.1) is 0 Å². The first-order valence-corrected chi connectivity index (χ1v) is 7.31. The maximum absolute atomic E-state index is 12.5. The second kappa shape index (κ2) is 4.38. The summed E-state index contributed by atoms with van der Waals surface area (Å²) in [5.74, 6) is -0.739. The van der Waals surface area contributed by atoms with Crippen molar-refractivity contribution in [1.82, 2.24) is 4.31 Å². The molecule has 1 amide bonds. The second-order valence-electron chi connectivity index (χ2n) is 3.97. The Balaban J connectivity index is 2.37. The molecule has 0 aliphatic carbocycles. The van der Waals surface area contributed by atoms with Crippen molar-refractivity contribution in [3.8, 4) is 0 Å². The molecule has 9 heteroatoms. The normalized spacial score (nSPS) is 20.3. The van der Waals surface area contributed by atoms with Gasteiger partial charge in [0.25, 0.3) is 0 Å². The van der Waals surface area contributed by atoms with E-state index in [-0.39, 0.29) is 12.0 Å². The zero-order valence-corrected chi connectivity index (χ0v) is 10.8. The number of halogens is 4. The topological polar surface area (TPSA) is 54.5 Å². The Morgan fingerprint density at radius 3 is 2.42 bits per heavy atom. The van der Waals surface area contributed by atoms with E-state index in [0.29, 0.717) is 4.31 Å². The zero-order valence-electron chi connectivity index (χ0n) is 9.19. The average Bonchev–Trinajstić information content (AvgIpc) is 2.22. The molecule has 1 saturated heterocycles. The highest BCUT2D eigenvalue weighted by Crippen LogP contribution is 2.40. The predicted molar refractivity (Wildman–Crippen MR) is 60.4 cm³/mol. The van der Waals surface area contributed by atoms with E-state index in [0.717, 1.165) is 18.2 Å². The predicted octanol–water partition coefficient (Wildman–Crippen LogP) is 2.46. The molecule has 1 aliphatic rings. The van der Waals surface area contributed by atoms with E-state index in [1.165, 1.54) is 6.07 Å². The molecule has 1 heterocycles. The van der Waals surface area contributed by atoms with Gasteiger partial charge < -0.3 is 0 Å². The Morgan fingerprint density at radius 2 is 1.95 bits per heavy atom. The molecule has 0 spiro atoms. The van der Waals surface area contributed by atoms with Crippen LogP contribution in [-0.2, 0) is 20.2 Å². The highest BCUT2D eigenvalue weighted by atomic mass is 35.7. The number of rotatable bonds is 2. The Kier molecular flexibility index (Phi) is 3.26. The third-order valence-electron chi connectivity index (χ3n) is 2.73. The van der Waals surface area contributed by atoms with Crippen molar-refractivity contribution >= 4 is 25.8 Å². The summed E-state index contributed by atoms with van der Waals surface area (Å²) in [5, 5.41) is 0. The Morgan fingerprint density at radius 1 is 1.32 bits per heavy atom. The number of amides is 1. The molecular weight excluding hydrogens is 307 g/mol. The molecule has 0 N–H and O–H groups in total. The summed E-state index contributed by atoms with van der Waals surface area (Å²) in [6.45, 7) is 0. The fourth-order valence-electron chi connectivity index (χ4n) is 1.85. The number of alkyl halides is 3. The molecule has 1 unspecified atom stereocenters. The van der Waals surface area contributed by atoms with Crippen LogP contribution in [-0.4, -0.2) is 18.6 Å². The molecular formula is C10H7ClF3NO3S. The number of benzene rings is 1. The van der Waals surface area contributed by atoms with Crippen LogP contribution in [0.15, 0.2) is 24.3 Å². The highest BCUT2D eigenvalue weighted by Gasteiger charge is 2.45. The molecule has 0 bridgehead atoms. The molecule has 19 heavy (non-hydrogen) atoms. The summed E-state index contributed by atoms with van der Waals surface area (Å²) in [7, 11) is 0.773. The summed E-state index contributed by atoms with van der Waals surface area (Å²) in [6.07, 6.45) is -4.72. The van der Waals surface area contributed by atoms with E-state index < -0.39 is 32.9 Å². The minimum atomic E-state index is -4.53. The average molecular weight is 314 g/mol. The lowest BCUT2D eigenvalue weighted by atomic mass is 9.95. The lowest BCUT2D eigenvalue weighted by molar-refractivity contribution is -0.138.